The van der Waals surface area contributed by atoms with Gasteiger partial charge in [-0.1, -0.05) is 17.7 Å². The monoisotopic (exact) mass is 343 g/mol. The first kappa shape index (κ1) is 17.5. The highest BCUT2D eigenvalue weighted by Gasteiger charge is 2.32. The fourth-order valence-electron chi connectivity index (χ4n) is 3.49. The molecular weight excluding hydrogens is 318 g/mol. The first-order valence-electron chi connectivity index (χ1n) is 8.96. The molecule has 0 saturated carbocycles. The molecule has 2 saturated heterocycles. The minimum absolute atomic E-state index is 0.00452. The number of piperidine rings is 1. The third-order valence-corrected chi connectivity index (χ3v) is 4.98. The van der Waals surface area contributed by atoms with Crippen molar-refractivity contribution in [3.05, 3.63) is 35.4 Å². The van der Waals surface area contributed by atoms with Crippen molar-refractivity contribution in [1.29, 1.82) is 0 Å². The van der Waals surface area contributed by atoms with Gasteiger partial charge in [0.2, 0.25) is 11.8 Å². The van der Waals surface area contributed by atoms with E-state index in [1.54, 1.807) is 9.80 Å². The summed E-state index contributed by atoms with van der Waals surface area (Å²) in [5.41, 5.74) is 1.79. The van der Waals surface area contributed by atoms with Crippen molar-refractivity contribution >= 4 is 17.7 Å². The van der Waals surface area contributed by atoms with Gasteiger partial charge in [-0.2, -0.15) is 0 Å². The summed E-state index contributed by atoms with van der Waals surface area (Å²) >= 11 is 0. The number of carbonyl (C=O) groups excluding carboxylic acids is 3. The molecule has 1 N–H and O–H groups in total. The van der Waals surface area contributed by atoms with Crippen molar-refractivity contribution < 1.29 is 14.4 Å². The van der Waals surface area contributed by atoms with Gasteiger partial charge in [-0.15, -0.1) is 0 Å². The number of likely N-dealkylation sites (tertiary alicyclic amines) is 1. The van der Waals surface area contributed by atoms with Gasteiger partial charge < -0.3 is 15.1 Å². The molecule has 25 heavy (non-hydrogen) atoms. The molecular formula is C19H25N3O3. The van der Waals surface area contributed by atoms with E-state index in [2.05, 4.69) is 5.32 Å². The molecule has 2 fully saturated rings. The molecule has 2 heterocycles. The third-order valence-electron chi connectivity index (χ3n) is 4.98. The normalized spacial score (nSPS) is 21.5. The topological polar surface area (TPSA) is 69.7 Å². The number of nitrogens with one attached hydrogen (secondary N) is 1. The fraction of sp³-hybridized carbons (Fsp3) is 0.526. The molecule has 6 heteroatoms. The van der Waals surface area contributed by atoms with Crippen molar-refractivity contribution in [2.75, 3.05) is 32.7 Å². The van der Waals surface area contributed by atoms with Crippen LogP contribution in [0.2, 0.25) is 0 Å². The van der Waals surface area contributed by atoms with Crippen LogP contribution < -0.4 is 5.32 Å². The van der Waals surface area contributed by atoms with Crippen LogP contribution in [0.4, 0.5) is 0 Å². The summed E-state index contributed by atoms with van der Waals surface area (Å²) in [6.45, 7) is 4.66. The van der Waals surface area contributed by atoms with E-state index in [1.807, 2.05) is 31.2 Å². The van der Waals surface area contributed by atoms with E-state index < -0.39 is 0 Å². The highest BCUT2D eigenvalue weighted by molar-refractivity contribution is 5.94. The van der Waals surface area contributed by atoms with E-state index in [0.29, 0.717) is 44.7 Å². The van der Waals surface area contributed by atoms with Gasteiger partial charge in [0.15, 0.2) is 0 Å². The molecule has 2 aliphatic rings. The summed E-state index contributed by atoms with van der Waals surface area (Å²) in [6, 6.07) is 7.55. The zero-order chi connectivity index (χ0) is 17.8. The molecule has 1 atom stereocenters. The number of nitrogens with zero attached hydrogens (tertiary/aromatic N) is 2. The Morgan fingerprint density at radius 2 is 1.84 bits per heavy atom. The van der Waals surface area contributed by atoms with Crippen molar-refractivity contribution in [3.63, 3.8) is 0 Å². The average molecular weight is 343 g/mol. The minimum Gasteiger partial charge on any atom is -0.354 e. The van der Waals surface area contributed by atoms with Crippen LogP contribution in [0.15, 0.2) is 24.3 Å². The van der Waals surface area contributed by atoms with Crippen LogP contribution in [0.5, 0.6) is 0 Å². The predicted molar refractivity (Wildman–Crippen MR) is 94.0 cm³/mol. The quantitative estimate of drug-likeness (QED) is 0.877. The third kappa shape index (κ3) is 4.18. The van der Waals surface area contributed by atoms with Crippen LogP contribution in [0.25, 0.3) is 0 Å². The SMILES string of the molecule is Cc1ccc(C(=O)N2CCCC(C(=O)N3CCNC(=O)CC3)C2)cc1. The van der Waals surface area contributed by atoms with E-state index in [0.717, 1.165) is 18.4 Å². The van der Waals surface area contributed by atoms with Crippen molar-refractivity contribution in [2.45, 2.75) is 26.2 Å². The maximum atomic E-state index is 12.8. The molecule has 0 spiro atoms. The molecule has 3 rings (SSSR count). The van der Waals surface area contributed by atoms with Crippen LogP contribution >= 0.6 is 0 Å². The lowest BCUT2D eigenvalue weighted by Gasteiger charge is -2.34. The molecule has 2 aliphatic heterocycles. The van der Waals surface area contributed by atoms with Crippen LogP contribution in [0.1, 0.15) is 35.2 Å². The molecule has 1 unspecified atom stereocenters. The average Bonchev–Trinajstić information content (AvgIpc) is 2.86. The fourth-order valence-corrected chi connectivity index (χ4v) is 3.49. The van der Waals surface area contributed by atoms with E-state index in [4.69, 9.17) is 0 Å². The van der Waals surface area contributed by atoms with Gasteiger partial charge in [0, 0.05) is 44.7 Å². The van der Waals surface area contributed by atoms with Gasteiger partial charge in [0.05, 0.1) is 5.92 Å². The molecule has 0 bridgehead atoms. The molecule has 6 nitrogen and oxygen atoms in total. The van der Waals surface area contributed by atoms with Crippen LogP contribution in [-0.2, 0) is 9.59 Å². The van der Waals surface area contributed by atoms with Crippen molar-refractivity contribution in [2.24, 2.45) is 5.92 Å². The summed E-state index contributed by atoms with van der Waals surface area (Å²) in [6.07, 6.45) is 1.98. The Hall–Kier alpha value is -2.37. The van der Waals surface area contributed by atoms with Crippen LogP contribution in [0.3, 0.4) is 0 Å². The lowest BCUT2D eigenvalue weighted by atomic mass is 9.95. The number of aryl methyl sites for hydroxylation is 1. The Bertz CT molecular complexity index is 656. The summed E-state index contributed by atoms with van der Waals surface area (Å²) < 4.78 is 0. The highest BCUT2D eigenvalue weighted by atomic mass is 16.2. The highest BCUT2D eigenvalue weighted by Crippen LogP contribution is 2.21. The van der Waals surface area contributed by atoms with Crippen molar-refractivity contribution in [3.8, 4) is 0 Å². The second kappa shape index (κ2) is 7.68. The lowest BCUT2D eigenvalue weighted by Crippen LogP contribution is -2.47. The Balaban J connectivity index is 1.64. The zero-order valence-electron chi connectivity index (χ0n) is 14.7. The first-order chi connectivity index (χ1) is 12.0. The number of hydrogen-bond acceptors (Lipinski definition) is 3. The van der Waals surface area contributed by atoms with E-state index >= 15 is 0 Å². The molecule has 0 aliphatic carbocycles. The number of benzene rings is 1. The molecule has 0 aromatic heterocycles. The smallest absolute Gasteiger partial charge is 0.253 e. The molecule has 1 aromatic rings. The molecule has 1 aromatic carbocycles. The largest absolute Gasteiger partial charge is 0.354 e. The first-order valence-corrected chi connectivity index (χ1v) is 8.96. The van der Waals surface area contributed by atoms with Gasteiger partial charge in [-0.05, 0) is 31.9 Å². The van der Waals surface area contributed by atoms with Gasteiger partial charge >= 0.3 is 0 Å². The predicted octanol–water partition coefficient (Wildman–Crippen LogP) is 1.20. The number of amides is 3. The van der Waals surface area contributed by atoms with Gasteiger partial charge in [0.1, 0.15) is 0 Å². The maximum absolute atomic E-state index is 12.8. The second-order valence-corrected chi connectivity index (χ2v) is 6.88. The standard InChI is InChI=1S/C19H25N3O3/c1-14-4-6-15(7-5-14)18(24)22-10-2-3-16(13-22)19(25)21-11-8-17(23)20-9-12-21/h4-7,16H,2-3,8-13H2,1H3,(H,20,23). The molecule has 0 radical (unpaired) electrons. The number of hydrogen-bond donors (Lipinski definition) is 1. The van der Waals surface area contributed by atoms with E-state index in [9.17, 15) is 14.4 Å². The molecule has 3 amide bonds. The number of carbonyl (C=O) groups is 3. The maximum Gasteiger partial charge on any atom is 0.253 e. The van der Waals surface area contributed by atoms with Crippen molar-refractivity contribution in [1.82, 2.24) is 15.1 Å². The summed E-state index contributed by atoms with van der Waals surface area (Å²) in [5, 5.41) is 2.79. The Labute approximate surface area is 148 Å². The Morgan fingerprint density at radius 3 is 2.60 bits per heavy atom. The summed E-state index contributed by atoms with van der Waals surface area (Å²) in [5.74, 6) is -0.116. The minimum atomic E-state index is -0.170. The summed E-state index contributed by atoms with van der Waals surface area (Å²) in [4.78, 5) is 40.5. The zero-order valence-corrected chi connectivity index (χ0v) is 14.7. The second-order valence-electron chi connectivity index (χ2n) is 6.88. The Morgan fingerprint density at radius 1 is 1.08 bits per heavy atom. The number of rotatable bonds is 2. The van der Waals surface area contributed by atoms with Crippen LogP contribution in [-0.4, -0.2) is 60.2 Å². The van der Waals surface area contributed by atoms with E-state index in [1.165, 1.54) is 0 Å². The van der Waals surface area contributed by atoms with E-state index in [-0.39, 0.29) is 23.6 Å². The lowest BCUT2D eigenvalue weighted by molar-refractivity contribution is -0.136. The van der Waals surface area contributed by atoms with Gasteiger partial charge in [-0.25, -0.2) is 0 Å². The van der Waals surface area contributed by atoms with Gasteiger partial charge in [0.25, 0.3) is 5.91 Å². The molecule has 134 valence electrons. The Kier molecular flexibility index (Phi) is 5.36. The van der Waals surface area contributed by atoms with Gasteiger partial charge in [-0.3, -0.25) is 14.4 Å². The summed E-state index contributed by atoms with van der Waals surface area (Å²) in [7, 11) is 0. The van der Waals surface area contributed by atoms with Crippen LogP contribution in [0, 0.1) is 12.8 Å².